The third-order valence-corrected chi connectivity index (χ3v) is 3.74. The average Bonchev–Trinajstić information content (AvgIpc) is 2.94. The van der Waals surface area contributed by atoms with Gasteiger partial charge in [0.2, 0.25) is 0 Å². The highest BCUT2D eigenvalue weighted by atomic mass is 35.5. The van der Waals surface area contributed by atoms with Gasteiger partial charge in [-0.15, -0.1) is 0 Å². The summed E-state index contributed by atoms with van der Waals surface area (Å²) in [4.78, 5) is 18.4. The van der Waals surface area contributed by atoms with Crippen LogP contribution in [0.4, 0.5) is 13.2 Å². The topological polar surface area (TPSA) is 72.3 Å². The molecule has 1 N–H and O–H groups in total. The highest BCUT2D eigenvalue weighted by Crippen LogP contribution is 2.30. The molecule has 0 aliphatic carbocycles. The van der Waals surface area contributed by atoms with Crippen LogP contribution in [0.3, 0.4) is 0 Å². The van der Waals surface area contributed by atoms with Crippen LogP contribution in [0.5, 0.6) is 6.01 Å². The highest BCUT2D eigenvalue weighted by molar-refractivity contribution is 6.30. The van der Waals surface area contributed by atoms with E-state index in [-0.39, 0.29) is 16.7 Å². The van der Waals surface area contributed by atoms with Crippen LogP contribution in [-0.4, -0.2) is 32.6 Å². The van der Waals surface area contributed by atoms with E-state index < -0.39 is 24.5 Å². The van der Waals surface area contributed by atoms with E-state index in [1.807, 2.05) is 0 Å². The molecule has 0 amide bonds. The number of nitrogens with one attached hydrogen (secondary N) is 1. The Morgan fingerprint density at radius 1 is 1.40 bits per heavy atom. The van der Waals surface area contributed by atoms with Gasteiger partial charge in [-0.1, -0.05) is 24.6 Å². The Kier molecular flexibility index (Phi) is 4.67. The van der Waals surface area contributed by atoms with Crippen molar-refractivity contribution in [2.75, 3.05) is 6.61 Å². The number of aryl methyl sites for hydroxylation is 1. The molecule has 2 heterocycles. The quantitative estimate of drug-likeness (QED) is 0.747. The molecule has 1 aromatic carbocycles. The lowest BCUT2D eigenvalue weighted by Crippen LogP contribution is -2.21. The summed E-state index contributed by atoms with van der Waals surface area (Å²) in [5.41, 5.74) is 0.680. The maximum Gasteiger partial charge on any atom is 0.352 e. The van der Waals surface area contributed by atoms with E-state index in [9.17, 15) is 18.0 Å². The third-order valence-electron chi connectivity index (χ3n) is 3.44. The number of hydrogen-bond acceptors (Lipinski definition) is 4. The number of aromatic amines is 1. The zero-order valence-electron chi connectivity index (χ0n) is 12.9. The van der Waals surface area contributed by atoms with Crippen molar-refractivity contribution >= 4 is 17.2 Å². The number of H-pyrrole nitrogens is 1. The van der Waals surface area contributed by atoms with E-state index in [4.69, 9.17) is 16.3 Å². The van der Waals surface area contributed by atoms with Crippen molar-refractivity contribution in [1.29, 1.82) is 0 Å². The minimum Gasteiger partial charge on any atom is -0.459 e. The number of fused-ring (bicyclic) bond motifs is 1. The highest BCUT2D eigenvalue weighted by Gasteiger charge is 2.19. The fourth-order valence-electron chi connectivity index (χ4n) is 2.37. The van der Waals surface area contributed by atoms with Gasteiger partial charge in [0.15, 0.2) is 12.3 Å². The Hall–Kier alpha value is -2.55. The lowest BCUT2D eigenvalue weighted by molar-refractivity contribution is 0.0768. The Morgan fingerprint density at radius 2 is 2.16 bits per heavy atom. The smallest absolute Gasteiger partial charge is 0.352 e. The average molecular weight is 373 g/mol. The van der Waals surface area contributed by atoms with E-state index >= 15 is 0 Å². The summed E-state index contributed by atoms with van der Waals surface area (Å²) in [6, 6.07) is 3.76. The van der Waals surface area contributed by atoms with Crippen molar-refractivity contribution < 1.29 is 17.9 Å². The van der Waals surface area contributed by atoms with Crippen LogP contribution in [0, 0.1) is 5.82 Å². The SMILES string of the molecule is CCc1nn2c(=O)[nH]c(OCC(F)F)nc2c1-c1ccc(Cl)c(F)c1. The maximum atomic E-state index is 13.8. The van der Waals surface area contributed by atoms with Gasteiger partial charge in [0.25, 0.3) is 12.4 Å². The molecule has 25 heavy (non-hydrogen) atoms. The molecule has 0 unspecified atom stereocenters. The van der Waals surface area contributed by atoms with Gasteiger partial charge < -0.3 is 4.74 Å². The van der Waals surface area contributed by atoms with Crippen LogP contribution in [0.1, 0.15) is 12.6 Å². The largest absolute Gasteiger partial charge is 0.459 e. The molecule has 10 heteroatoms. The third kappa shape index (κ3) is 3.32. The van der Waals surface area contributed by atoms with E-state index in [1.54, 1.807) is 13.0 Å². The zero-order valence-corrected chi connectivity index (χ0v) is 13.6. The molecular formula is C15H12ClF3N4O2. The van der Waals surface area contributed by atoms with Crippen molar-refractivity contribution in [2.24, 2.45) is 0 Å². The number of alkyl halides is 2. The molecule has 3 aromatic rings. The van der Waals surface area contributed by atoms with E-state index in [0.717, 1.165) is 4.52 Å². The molecule has 0 bridgehead atoms. The first-order valence-corrected chi connectivity index (χ1v) is 7.66. The summed E-state index contributed by atoms with van der Waals surface area (Å²) in [6.07, 6.45) is -2.28. The second-order valence-electron chi connectivity index (χ2n) is 5.09. The summed E-state index contributed by atoms with van der Waals surface area (Å²) < 4.78 is 44.2. The number of benzene rings is 1. The molecule has 0 radical (unpaired) electrons. The standard InChI is InChI=1S/C15H12ClF3N4O2/c1-2-10-12(7-3-4-8(16)9(17)5-7)13-20-14(25-6-11(18)19)21-15(24)23(13)22-10/h3-5,11H,2,6H2,1H3,(H,20,21,24). The number of aromatic nitrogens is 4. The molecule has 0 fully saturated rings. The summed E-state index contributed by atoms with van der Waals surface area (Å²) in [7, 11) is 0. The van der Waals surface area contributed by atoms with Crippen LogP contribution < -0.4 is 10.4 Å². The summed E-state index contributed by atoms with van der Waals surface area (Å²) >= 11 is 5.70. The van der Waals surface area contributed by atoms with E-state index in [2.05, 4.69) is 15.1 Å². The fourth-order valence-corrected chi connectivity index (χ4v) is 2.49. The first-order chi connectivity index (χ1) is 11.9. The number of ether oxygens (including phenoxy) is 1. The van der Waals surface area contributed by atoms with Gasteiger partial charge in [0.1, 0.15) is 5.82 Å². The molecule has 0 atom stereocenters. The van der Waals surface area contributed by atoms with Gasteiger partial charge in [-0.2, -0.15) is 14.6 Å². The minimum absolute atomic E-state index is 0.0509. The van der Waals surface area contributed by atoms with Gasteiger partial charge in [-0.3, -0.25) is 4.98 Å². The Bertz CT molecular complexity index is 987. The first-order valence-electron chi connectivity index (χ1n) is 7.29. The van der Waals surface area contributed by atoms with Gasteiger partial charge in [0.05, 0.1) is 16.3 Å². The zero-order chi connectivity index (χ0) is 18.1. The first kappa shape index (κ1) is 17.3. The molecule has 0 saturated heterocycles. The van der Waals surface area contributed by atoms with Crippen molar-refractivity contribution in [1.82, 2.24) is 19.6 Å². The molecule has 0 spiro atoms. The Balaban J connectivity index is 2.21. The minimum atomic E-state index is -2.72. The number of rotatable bonds is 5. The van der Waals surface area contributed by atoms with Crippen LogP contribution in [0.2, 0.25) is 5.02 Å². The predicted molar refractivity (Wildman–Crippen MR) is 84.9 cm³/mol. The molecule has 0 aliphatic heterocycles. The molecule has 2 aromatic heterocycles. The Morgan fingerprint density at radius 3 is 2.80 bits per heavy atom. The predicted octanol–water partition coefficient (Wildman–Crippen LogP) is 3.08. The van der Waals surface area contributed by atoms with Crippen molar-refractivity contribution in [2.45, 2.75) is 19.8 Å². The molecule has 3 rings (SSSR count). The second-order valence-corrected chi connectivity index (χ2v) is 5.50. The molecule has 0 aliphatic rings. The second kappa shape index (κ2) is 6.75. The van der Waals surface area contributed by atoms with Crippen molar-refractivity contribution in [3.63, 3.8) is 0 Å². The van der Waals surface area contributed by atoms with Crippen LogP contribution in [0.25, 0.3) is 16.8 Å². The number of halogens is 4. The van der Waals surface area contributed by atoms with Gasteiger partial charge in [-0.05, 0) is 24.1 Å². The maximum absolute atomic E-state index is 13.8. The summed E-state index contributed by atoms with van der Waals surface area (Å²) in [6.45, 7) is 0.888. The van der Waals surface area contributed by atoms with Gasteiger partial charge >= 0.3 is 5.69 Å². The lowest BCUT2D eigenvalue weighted by atomic mass is 10.0. The summed E-state index contributed by atoms with van der Waals surface area (Å²) in [5, 5.41) is 4.10. The summed E-state index contributed by atoms with van der Waals surface area (Å²) in [5.74, 6) is -0.639. The van der Waals surface area contributed by atoms with E-state index in [1.165, 1.54) is 12.1 Å². The van der Waals surface area contributed by atoms with Gasteiger partial charge in [-0.25, -0.2) is 18.0 Å². The van der Waals surface area contributed by atoms with Crippen LogP contribution in [0.15, 0.2) is 23.0 Å². The lowest BCUT2D eigenvalue weighted by Gasteiger charge is -2.05. The normalized spacial score (nSPS) is 11.4. The van der Waals surface area contributed by atoms with Crippen LogP contribution in [-0.2, 0) is 6.42 Å². The molecular weight excluding hydrogens is 361 g/mol. The fraction of sp³-hybridized carbons (Fsp3) is 0.267. The van der Waals surface area contributed by atoms with Gasteiger partial charge in [0, 0.05) is 0 Å². The Labute approximate surface area is 144 Å². The molecule has 0 saturated carbocycles. The number of nitrogens with zero attached hydrogens (tertiary/aromatic N) is 3. The van der Waals surface area contributed by atoms with Crippen LogP contribution >= 0.6 is 11.6 Å². The molecule has 6 nitrogen and oxygen atoms in total. The molecule has 132 valence electrons. The monoisotopic (exact) mass is 372 g/mol. The number of hydrogen-bond donors (Lipinski definition) is 1. The van der Waals surface area contributed by atoms with Crippen molar-refractivity contribution in [3.8, 4) is 17.1 Å². The van der Waals surface area contributed by atoms with Crippen molar-refractivity contribution in [3.05, 3.63) is 45.2 Å². The van der Waals surface area contributed by atoms with E-state index in [0.29, 0.717) is 23.2 Å².